The molecule has 0 fully saturated rings. The highest BCUT2D eigenvalue weighted by molar-refractivity contribution is 6.28. The molecular formula is C11H9ClF3N5. The molecule has 9 heteroatoms. The van der Waals surface area contributed by atoms with Crippen LogP contribution in [-0.4, -0.2) is 21.5 Å². The second kappa shape index (κ2) is 5.91. The fraction of sp³-hybridized carbons (Fsp3) is 0.182. The van der Waals surface area contributed by atoms with E-state index < -0.39 is 23.1 Å². The number of halogens is 4. The van der Waals surface area contributed by atoms with Gasteiger partial charge in [-0.1, -0.05) is 0 Å². The van der Waals surface area contributed by atoms with E-state index >= 15 is 0 Å². The summed E-state index contributed by atoms with van der Waals surface area (Å²) in [6.45, 7) is 2.34. The number of anilines is 3. The van der Waals surface area contributed by atoms with Crippen molar-refractivity contribution < 1.29 is 13.2 Å². The van der Waals surface area contributed by atoms with E-state index in [9.17, 15) is 13.2 Å². The number of nitrogens with one attached hydrogen (secondary N) is 2. The minimum atomic E-state index is -1.32. The summed E-state index contributed by atoms with van der Waals surface area (Å²) in [7, 11) is 0. The van der Waals surface area contributed by atoms with Crippen molar-refractivity contribution in [3.05, 3.63) is 34.9 Å². The van der Waals surface area contributed by atoms with E-state index in [0.717, 1.165) is 6.07 Å². The van der Waals surface area contributed by atoms with Crippen LogP contribution in [0.2, 0.25) is 5.28 Å². The fourth-order valence-corrected chi connectivity index (χ4v) is 1.57. The van der Waals surface area contributed by atoms with Gasteiger partial charge in [0.15, 0.2) is 11.6 Å². The first-order valence-corrected chi connectivity index (χ1v) is 5.94. The third-order valence-corrected chi connectivity index (χ3v) is 2.35. The number of nitrogens with zero attached hydrogens (tertiary/aromatic N) is 3. The average molecular weight is 304 g/mol. The molecule has 0 atom stereocenters. The zero-order valence-corrected chi connectivity index (χ0v) is 11.0. The maximum absolute atomic E-state index is 13.5. The first-order chi connectivity index (χ1) is 9.49. The van der Waals surface area contributed by atoms with Crippen LogP contribution in [0.1, 0.15) is 6.92 Å². The molecule has 1 heterocycles. The highest BCUT2D eigenvalue weighted by Gasteiger charge is 2.13. The van der Waals surface area contributed by atoms with Crippen LogP contribution in [0.5, 0.6) is 0 Å². The molecule has 1 aromatic heterocycles. The van der Waals surface area contributed by atoms with Gasteiger partial charge >= 0.3 is 0 Å². The van der Waals surface area contributed by atoms with E-state index in [0.29, 0.717) is 12.6 Å². The van der Waals surface area contributed by atoms with Gasteiger partial charge in [-0.2, -0.15) is 15.0 Å². The molecule has 0 saturated heterocycles. The van der Waals surface area contributed by atoms with Crippen LogP contribution >= 0.6 is 11.6 Å². The van der Waals surface area contributed by atoms with E-state index in [4.69, 9.17) is 11.6 Å². The van der Waals surface area contributed by atoms with Gasteiger partial charge in [-0.3, -0.25) is 0 Å². The van der Waals surface area contributed by atoms with Gasteiger partial charge in [-0.15, -0.1) is 0 Å². The smallest absolute Gasteiger partial charge is 0.233 e. The minimum Gasteiger partial charge on any atom is -0.354 e. The standard InChI is InChI=1S/C11H9ClF3N5/c1-2-16-10-18-9(12)19-11(20-10)17-7-4-5(13)3-6(14)8(7)15/h3-4H,2H2,1H3,(H2,16,17,18,19,20). The molecule has 20 heavy (non-hydrogen) atoms. The predicted molar refractivity (Wildman–Crippen MR) is 68.6 cm³/mol. The van der Waals surface area contributed by atoms with Crippen LogP contribution in [0.4, 0.5) is 30.8 Å². The molecule has 1 aromatic carbocycles. The lowest BCUT2D eigenvalue weighted by Crippen LogP contribution is -2.07. The molecule has 2 rings (SSSR count). The fourth-order valence-electron chi connectivity index (χ4n) is 1.41. The third-order valence-electron chi connectivity index (χ3n) is 2.18. The summed E-state index contributed by atoms with van der Waals surface area (Å²) in [5.41, 5.74) is -0.438. The van der Waals surface area contributed by atoms with Crippen molar-refractivity contribution >= 4 is 29.2 Å². The van der Waals surface area contributed by atoms with Crippen molar-refractivity contribution in [3.8, 4) is 0 Å². The molecule has 106 valence electrons. The van der Waals surface area contributed by atoms with Crippen molar-refractivity contribution in [1.29, 1.82) is 0 Å². The van der Waals surface area contributed by atoms with Crippen molar-refractivity contribution in [2.24, 2.45) is 0 Å². The molecule has 2 aromatic rings. The van der Waals surface area contributed by atoms with E-state index in [-0.39, 0.29) is 17.2 Å². The SMILES string of the molecule is CCNc1nc(Cl)nc(Nc2cc(F)cc(F)c2F)n1. The van der Waals surface area contributed by atoms with Crippen molar-refractivity contribution in [1.82, 2.24) is 15.0 Å². The average Bonchev–Trinajstić information content (AvgIpc) is 2.35. The summed E-state index contributed by atoms with van der Waals surface area (Å²) in [6.07, 6.45) is 0. The molecule has 0 saturated carbocycles. The normalized spacial score (nSPS) is 10.4. The molecule has 5 nitrogen and oxygen atoms in total. The van der Waals surface area contributed by atoms with E-state index in [2.05, 4.69) is 25.6 Å². The molecule has 0 unspecified atom stereocenters. The quantitative estimate of drug-likeness (QED) is 0.850. The van der Waals surface area contributed by atoms with Gasteiger partial charge in [-0.25, -0.2) is 13.2 Å². The van der Waals surface area contributed by atoms with Gasteiger partial charge in [0.1, 0.15) is 5.82 Å². The van der Waals surface area contributed by atoms with Crippen LogP contribution in [0, 0.1) is 17.5 Å². The first kappa shape index (κ1) is 14.3. The lowest BCUT2D eigenvalue weighted by molar-refractivity contribution is 0.498. The Labute approximate surface area is 117 Å². The monoisotopic (exact) mass is 303 g/mol. The Kier molecular flexibility index (Phi) is 4.23. The van der Waals surface area contributed by atoms with E-state index in [1.54, 1.807) is 0 Å². The lowest BCUT2D eigenvalue weighted by atomic mass is 10.3. The number of hydrogen-bond donors (Lipinski definition) is 2. The van der Waals surface area contributed by atoms with Crippen LogP contribution in [0.3, 0.4) is 0 Å². The van der Waals surface area contributed by atoms with Crippen LogP contribution in [-0.2, 0) is 0 Å². The maximum atomic E-state index is 13.5. The van der Waals surface area contributed by atoms with Gasteiger partial charge in [0.2, 0.25) is 17.2 Å². The highest BCUT2D eigenvalue weighted by Crippen LogP contribution is 2.22. The minimum absolute atomic E-state index is 0.134. The number of hydrogen-bond acceptors (Lipinski definition) is 5. The van der Waals surface area contributed by atoms with Crippen LogP contribution in [0.15, 0.2) is 12.1 Å². The molecular weight excluding hydrogens is 295 g/mol. The predicted octanol–water partition coefficient (Wildman–Crippen LogP) is 3.12. The third kappa shape index (κ3) is 3.27. The summed E-state index contributed by atoms with van der Waals surface area (Å²) in [5.74, 6) is -3.47. The van der Waals surface area contributed by atoms with Gasteiger partial charge in [0.05, 0.1) is 5.69 Å². The zero-order valence-electron chi connectivity index (χ0n) is 10.2. The Morgan fingerprint density at radius 3 is 2.50 bits per heavy atom. The van der Waals surface area contributed by atoms with Crippen molar-refractivity contribution in [2.75, 3.05) is 17.2 Å². The van der Waals surface area contributed by atoms with Crippen molar-refractivity contribution in [2.45, 2.75) is 6.92 Å². The summed E-state index contributed by atoms with van der Waals surface area (Å²) in [6, 6.07) is 1.22. The van der Waals surface area contributed by atoms with Crippen molar-refractivity contribution in [3.63, 3.8) is 0 Å². The van der Waals surface area contributed by atoms with Gasteiger partial charge in [0.25, 0.3) is 0 Å². The molecule has 0 spiro atoms. The van der Waals surface area contributed by atoms with Gasteiger partial charge in [-0.05, 0) is 18.5 Å². The Bertz CT molecular complexity index is 638. The summed E-state index contributed by atoms with van der Waals surface area (Å²) < 4.78 is 39.6. The van der Waals surface area contributed by atoms with E-state index in [1.165, 1.54) is 0 Å². The molecule has 0 aliphatic heterocycles. The first-order valence-electron chi connectivity index (χ1n) is 5.56. The molecule has 2 N–H and O–H groups in total. The maximum Gasteiger partial charge on any atom is 0.233 e. The van der Waals surface area contributed by atoms with E-state index in [1.807, 2.05) is 6.92 Å². The molecule has 0 bridgehead atoms. The zero-order chi connectivity index (χ0) is 14.7. The largest absolute Gasteiger partial charge is 0.354 e. The van der Waals surface area contributed by atoms with Crippen LogP contribution < -0.4 is 10.6 Å². The van der Waals surface area contributed by atoms with Crippen LogP contribution in [0.25, 0.3) is 0 Å². The summed E-state index contributed by atoms with van der Waals surface area (Å²) in [4.78, 5) is 11.3. The second-order valence-corrected chi connectivity index (χ2v) is 3.99. The summed E-state index contributed by atoms with van der Waals surface area (Å²) >= 11 is 5.67. The Hall–Kier alpha value is -2.09. The molecule has 0 radical (unpaired) electrons. The topological polar surface area (TPSA) is 62.7 Å². The lowest BCUT2D eigenvalue weighted by Gasteiger charge is -2.08. The Morgan fingerprint density at radius 1 is 1.10 bits per heavy atom. The second-order valence-electron chi connectivity index (χ2n) is 3.66. The molecule has 0 amide bonds. The summed E-state index contributed by atoms with van der Waals surface area (Å²) in [5, 5.41) is 4.99. The molecule has 0 aliphatic rings. The number of benzene rings is 1. The van der Waals surface area contributed by atoms with Gasteiger partial charge in [0, 0.05) is 18.7 Å². The molecule has 0 aliphatic carbocycles. The Balaban J connectivity index is 2.34. The van der Waals surface area contributed by atoms with Gasteiger partial charge < -0.3 is 10.6 Å². The number of aromatic nitrogens is 3. The number of rotatable bonds is 4. The highest BCUT2D eigenvalue weighted by atomic mass is 35.5. The Morgan fingerprint density at radius 2 is 1.80 bits per heavy atom.